The fraction of sp³-hybridized carbons (Fsp3) is 0.308. The van der Waals surface area contributed by atoms with Crippen LogP contribution in [0.25, 0.3) is 0 Å². The first-order valence-corrected chi connectivity index (χ1v) is 6.34. The van der Waals surface area contributed by atoms with Gasteiger partial charge in [-0.1, -0.05) is 28.1 Å². The highest BCUT2D eigenvalue weighted by Crippen LogP contribution is 2.25. The Labute approximate surface area is 110 Å². The summed E-state index contributed by atoms with van der Waals surface area (Å²) < 4.78 is 3.02. The minimum Gasteiger partial charge on any atom is -0.308 e. The Bertz CT molecular complexity index is 482. The first-order valence-electron chi connectivity index (χ1n) is 5.54. The molecule has 0 fully saturated rings. The van der Waals surface area contributed by atoms with Crippen LogP contribution < -0.4 is 5.32 Å². The van der Waals surface area contributed by atoms with Crippen molar-refractivity contribution in [2.75, 3.05) is 7.05 Å². The third-order valence-corrected chi connectivity index (χ3v) is 3.47. The van der Waals surface area contributed by atoms with E-state index in [9.17, 15) is 0 Å². The number of aromatic nitrogens is 2. The summed E-state index contributed by atoms with van der Waals surface area (Å²) in [6.07, 6.45) is 1.90. The highest BCUT2D eigenvalue weighted by atomic mass is 79.9. The maximum absolute atomic E-state index is 4.30. The molecule has 0 spiro atoms. The van der Waals surface area contributed by atoms with Gasteiger partial charge >= 0.3 is 0 Å². The van der Waals surface area contributed by atoms with Crippen molar-refractivity contribution in [3.05, 3.63) is 51.8 Å². The van der Waals surface area contributed by atoms with E-state index < -0.39 is 0 Å². The Hall–Kier alpha value is -1.13. The Morgan fingerprint density at radius 2 is 1.94 bits per heavy atom. The van der Waals surface area contributed by atoms with E-state index in [-0.39, 0.29) is 6.04 Å². The van der Waals surface area contributed by atoms with E-state index in [1.54, 1.807) is 0 Å². The molecule has 0 aliphatic rings. The minimum atomic E-state index is 0.176. The second kappa shape index (κ2) is 5.02. The summed E-state index contributed by atoms with van der Waals surface area (Å²) in [5, 5.41) is 7.64. The first-order chi connectivity index (χ1) is 8.13. The summed E-state index contributed by atoms with van der Waals surface area (Å²) in [5.41, 5.74) is 3.65. The van der Waals surface area contributed by atoms with E-state index in [0.29, 0.717) is 0 Å². The molecule has 2 rings (SSSR count). The Kier molecular flexibility index (Phi) is 3.64. The fourth-order valence-corrected chi connectivity index (χ4v) is 2.35. The Morgan fingerprint density at radius 3 is 2.41 bits per heavy atom. The van der Waals surface area contributed by atoms with E-state index in [4.69, 9.17) is 0 Å². The van der Waals surface area contributed by atoms with E-state index in [1.165, 1.54) is 16.8 Å². The van der Waals surface area contributed by atoms with E-state index in [1.807, 2.05) is 25.0 Å². The number of hydrogen-bond donors (Lipinski definition) is 1. The van der Waals surface area contributed by atoms with Crippen LogP contribution in [0.4, 0.5) is 0 Å². The number of benzene rings is 1. The van der Waals surface area contributed by atoms with Crippen molar-refractivity contribution in [2.45, 2.75) is 13.0 Å². The Morgan fingerprint density at radius 1 is 1.29 bits per heavy atom. The van der Waals surface area contributed by atoms with Crippen molar-refractivity contribution >= 4 is 15.9 Å². The van der Waals surface area contributed by atoms with Gasteiger partial charge in [0.1, 0.15) is 0 Å². The third-order valence-electron chi connectivity index (χ3n) is 2.94. The lowest BCUT2D eigenvalue weighted by Crippen LogP contribution is -2.21. The van der Waals surface area contributed by atoms with Crippen molar-refractivity contribution < 1.29 is 0 Å². The van der Waals surface area contributed by atoms with Gasteiger partial charge in [0.2, 0.25) is 0 Å². The van der Waals surface area contributed by atoms with Gasteiger partial charge in [-0.25, -0.2) is 0 Å². The zero-order chi connectivity index (χ0) is 12.4. The van der Waals surface area contributed by atoms with Gasteiger partial charge in [0.25, 0.3) is 0 Å². The quantitative estimate of drug-likeness (QED) is 0.943. The zero-order valence-electron chi connectivity index (χ0n) is 10.2. The summed E-state index contributed by atoms with van der Waals surface area (Å²) in [6, 6.07) is 8.54. The molecule has 0 saturated heterocycles. The predicted molar refractivity (Wildman–Crippen MR) is 73.0 cm³/mol. The molecule has 1 heterocycles. The molecule has 0 bridgehead atoms. The largest absolute Gasteiger partial charge is 0.308 e. The van der Waals surface area contributed by atoms with Gasteiger partial charge < -0.3 is 5.32 Å². The third kappa shape index (κ3) is 2.42. The van der Waals surface area contributed by atoms with Crippen molar-refractivity contribution in [2.24, 2.45) is 7.05 Å². The molecular weight excluding hydrogens is 278 g/mol. The van der Waals surface area contributed by atoms with Crippen molar-refractivity contribution in [3.63, 3.8) is 0 Å². The molecule has 1 aromatic heterocycles. The molecule has 4 heteroatoms. The summed E-state index contributed by atoms with van der Waals surface area (Å²) >= 11 is 3.46. The van der Waals surface area contributed by atoms with Crippen molar-refractivity contribution in [3.8, 4) is 0 Å². The SMILES string of the molecule is CNC(c1ccc(Br)cc1)c1c(C)cnn1C. The van der Waals surface area contributed by atoms with Gasteiger partial charge in [-0.3, -0.25) is 4.68 Å². The van der Waals surface area contributed by atoms with Gasteiger partial charge in [0, 0.05) is 11.5 Å². The molecule has 0 amide bonds. The van der Waals surface area contributed by atoms with E-state index >= 15 is 0 Å². The summed E-state index contributed by atoms with van der Waals surface area (Å²) in [5.74, 6) is 0. The lowest BCUT2D eigenvalue weighted by atomic mass is 10.0. The van der Waals surface area contributed by atoms with Crippen LogP contribution >= 0.6 is 15.9 Å². The lowest BCUT2D eigenvalue weighted by molar-refractivity contribution is 0.603. The van der Waals surface area contributed by atoms with Crippen LogP contribution in [0.1, 0.15) is 22.9 Å². The van der Waals surface area contributed by atoms with Crippen LogP contribution in [0.5, 0.6) is 0 Å². The van der Waals surface area contributed by atoms with E-state index in [0.717, 1.165) is 4.47 Å². The number of nitrogens with zero attached hydrogens (tertiary/aromatic N) is 2. The summed E-state index contributed by atoms with van der Waals surface area (Å²) in [4.78, 5) is 0. The fourth-order valence-electron chi connectivity index (χ4n) is 2.09. The van der Waals surface area contributed by atoms with E-state index in [2.05, 4.69) is 57.5 Å². The maximum atomic E-state index is 4.30. The number of rotatable bonds is 3. The second-order valence-electron chi connectivity index (χ2n) is 4.11. The number of hydrogen-bond acceptors (Lipinski definition) is 2. The molecule has 1 atom stereocenters. The highest BCUT2D eigenvalue weighted by Gasteiger charge is 2.17. The van der Waals surface area contributed by atoms with Gasteiger partial charge in [-0.2, -0.15) is 5.10 Å². The summed E-state index contributed by atoms with van der Waals surface area (Å²) in [7, 11) is 3.95. The standard InChI is InChI=1S/C13H16BrN3/c1-9-8-16-17(3)13(9)12(15-2)10-4-6-11(14)7-5-10/h4-8,12,15H,1-3H3. The highest BCUT2D eigenvalue weighted by molar-refractivity contribution is 9.10. The van der Waals surface area contributed by atoms with Crippen LogP contribution in [0.2, 0.25) is 0 Å². The molecule has 2 aromatic rings. The van der Waals surface area contributed by atoms with Crippen LogP contribution in [0, 0.1) is 6.92 Å². The molecule has 90 valence electrons. The molecule has 1 unspecified atom stereocenters. The zero-order valence-corrected chi connectivity index (χ0v) is 11.8. The smallest absolute Gasteiger partial charge is 0.0748 e. The predicted octanol–water partition coefficient (Wildman–Crippen LogP) is 2.80. The average molecular weight is 294 g/mol. The molecule has 17 heavy (non-hydrogen) atoms. The Balaban J connectivity index is 2.43. The van der Waals surface area contributed by atoms with Crippen molar-refractivity contribution in [1.29, 1.82) is 0 Å². The summed E-state index contributed by atoms with van der Waals surface area (Å²) in [6.45, 7) is 2.09. The molecular formula is C13H16BrN3. The van der Waals surface area contributed by atoms with Crippen LogP contribution in [0.3, 0.4) is 0 Å². The first kappa shape index (κ1) is 12.3. The molecule has 0 aliphatic heterocycles. The minimum absolute atomic E-state index is 0.176. The molecule has 0 radical (unpaired) electrons. The van der Waals surface area contributed by atoms with Crippen LogP contribution in [-0.2, 0) is 7.05 Å². The molecule has 0 aliphatic carbocycles. The van der Waals surface area contributed by atoms with Gasteiger partial charge in [0.05, 0.1) is 17.9 Å². The number of halogens is 1. The van der Waals surface area contributed by atoms with Gasteiger partial charge in [-0.05, 0) is 37.2 Å². The molecule has 3 nitrogen and oxygen atoms in total. The maximum Gasteiger partial charge on any atom is 0.0748 e. The number of aryl methyl sites for hydroxylation is 2. The second-order valence-corrected chi connectivity index (χ2v) is 5.03. The van der Waals surface area contributed by atoms with Crippen LogP contribution in [0.15, 0.2) is 34.9 Å². The lowest BCUT2D eigenvalue weighted by Gasteiger charge is -2.18. The average Bonchev–Trinajstić information content (AvgIpc) is 2.64. The van der Waals surface area contributed by atoms with Crippen LogP contribution in [-0.4, -0.2) is 16.8 Å². The van der Waals surface area contributed by atoms with Gasteiger partial charge in [-0.15, -0.1) is 0 Å². The molecule has 1 aromatic carbocycles. The van der Waals surface area contributed by atoms with Crippen molar-refractivity contribution in [1.82, 2.24) is 15.1 Å². The molecule has 0 saturated carbocycles. The normalized spacial score (nSPS) is 12.7. The monoisotopic (exact) mass is 293 g/mol. The number of nitrogens with one attached hydrogen (secondary N) is 1. The van der Waals surface area contributed by atoms with Gasteiger partial charge in [0.15, 0.2) is 0 Å². The topological polar surface area (TPSA) is 29.9 Å². The molecule has 1 N–H and O–H groups in total.